The van der Waals surface area contributed by atoms with E-state index in [-0.39, 0.29) is 162 Å². The molecule has 0 radical (unpaired) electrons. The highest BCUT2D eigenvalue weighted by atomic mass is 16.7. The van der Waals surface area contributed by atoms with Crippen molar-refractivity contribution in [2.45, 2.75) is 33.4 Å². The van der Waals surface area contributed by atoms with Gasteiger partial charge in [-0.1, -0.05) is 157 Å². The summed E-state index contributed by atoms with van der Waals surface area (Å²) >= 11 is 0. The molecule has 2 saturated heterocycles. The Hall–Kier alpha value is -13.8. The maximum atomic E-state index is 13.3. The second kappa shape index (κ2) is 62.4. The van der Waals surface area contributed by atoms with Crippen molar-refractivity contribution in [3.63, 3.8) is 0 Å². The Morgan fingerprint density at radius 2 is 0.472 bits per heavy atom. The number of aryl methyl sites for hydroxylation is 1. The number of hydrogen-bond donors (Lipinski definition) is 18. The molecule has 2 aliphatic rings. The predicted octanol–water partition coefficient (Wildman–Crippen LogP) is -4.98. The number of nitrogens with one attached hydrogen (secondary N) is 12. The molecule has 0 aliphatic carbocycles. The molecule has 0 unspecified atom stereocenters. The smallest absolute Gasteiger partial charge is 0.473 e. The largest absolute Gasteiger partial charge is 1.00 e. The summed E-state index contributed by atoms with van der Waals surface area (Å²) in [5.74, 6) is 13.3. The number of esters is 1. The van der Waals surface area contributed by atoms with Gasteiger partial charge in [-0.25, -0.2) is 78.6 Å². The van der Waals surface area contributed by atoms with Crippen LogP contribution < -0.4 is 88.5 Å². The summed E-state index contributed by atoms with van der Waals surface area (Å²) in [5.41, 5.74) is 31.1. The molecule has 2 fully saturated rings. The predicted molar refractivity (Wildman–Crippen MR) is 432 cm³/mol. The Bertz CT molecular complexity index is 3650. The van der Waals surface area contributed by atoms with Gasteiger partial charge in [-0.15, -0.1) is 0 Å². The lowest BCUT2D eigenvalue weighted by atomic mass is 10.2. The lowest BCUT2D eigenvalue weighted by molar-refractivity contribution is -0.192. The van der Waals surface area contributed by atoms with Crippen LogP contribution in [0, 0.1) is 6.92 Å². The third kappa shape index (κ3) is 51.4. The Balaban J connectivity index is 0.000000815. The third-order valence-electron chi connectivity index (χ3n) is 16.8. The van der Waals surface area contributed by atoms with Crippen molar-refractivity contribution in [1.29, 1.82) is 0 Å². The molecule has 0 aromatic heterocycles. The van der Waals surface area contributed by atoms with Crippen LogP contribution in [0.1, 0.15) is 29.2 Å². The molecule has 7 rings (SSSR count). The molecule has 5 aromatic carbocycles. The monoisotopic (exact) mass is 1730 g/mol. The summed E-state index contributed by atoms with van der Waals surface area (Å²) in [5, 5.41) is 15.3. The van der Waals surface area contributed by atoms with Crippen LogP contribution in [-0.2, 0) is 108 Å². The number of carbonyl (C=O) groups excluding carboxylic acids is 15. The van der Waals surface area contributed by atoms with Crippen molar-refractivity contribution in [3.8, 4) is 0 Å². The number of hydrogen-bond acceptors (Lipinski definition) is 34. The minimum atomic E-state index is -1.93. The summed E-state index contributed by atoms with van der Waals surface area (Å²) < 4.78 is 24.0. The van der Waals surface area contributed by atoms with Crippen molar-refractivity contribution < 1.29 is 117 Å². The minimum absolute atomic E-state index is 0. The Kier molecular flexibility index (Phi) is 52.5. The number of nitrogens with zero attached hydrogens (tertiary/aromatic N) is 8. The van der Waals surface area contributed by atoms with Gasteiger partial charge in [0.2, 0.25) is 23.6 Å². The van der Waals surface area contributed by atoms with Gasteiger partial charge in [-0.05, 0) is 29.2 Å². The molecule has 123 heavy (non-hydrogen) atoms. The Labute approximate surface area is 707 Å². The highest BCUT2D eigenvalue weighted by Gasteiger charge is 2.26. The molecule has 48 nitrogen and oxygen atoms in total. The Morgan fingerprint density at radius 3 is 0.610 bits per heavy atom. The average Bonchev–Trinajstić information content (AvgIpc) is 0.877. The topological polar surface area (TPSA) is 651 Å². The van der Waals surface area contributed by atoms with Crippen LogP contribution in [0.5, 0.6) is 0 Å². The zero-order valence-corrected chi connectivity index (χ0v) is 67.5. The average molecular weight is 1730 g/mol. The van der Waals surface area contributed by atoms with Crippen LogP contribution in [0.15, 0.2) is 152 Å². The number of carboxylic acid groups (broad SMARTS) is 2. The van der Waals surface area contributed by atoms with Gasteiger partial charge in [-0.3, -0.25) is 121 Å². The van der Waals surface area contributed by atoms with E-state index in [2.05, 4.69) is 88.9 Å². The molecule has 0 saturated carbocycles. The summed E-state index contributed by atoms with van der Waals surface area (Å²) in [6.45, 7) is 6.38. The van der Waals surface area contributed by atoms with Gasteiger partial charge in [0.15, 0.2) is 0 Å². The van der Waals surface area contributed by atoms with Crippen molar-refractivity contribution in [3.05, 3.63) is 179 Å². The second-order valence-corrected chi connectivity index (χ2v) is 26.1. The first-order chi connectivity index (χ1) is 59.1. The number of ether oxygens (including phenoxy) is 5. The SMILES string of the molecule is Cc1ccccc1.NNC(=O)CN1CCN(CC(=O)NN)CCN(CC(=O)NN)CCN(CC(=O)NN)CC1.O=C(CN1CCN(CC(=O)NNC(=O)OCc2ccccc2)CCN(CC(=O)NNC(=O)OCc2ccccc2)CCN(CC(=O)NNC(=O)OCc2ccccc2)CC1)NNC(=O)OCc1ccccc1.O=C(O)OC(=O)C(=O)O.O=C=O.[H+]. The van der Waals surface area contributed by atoms with Gasteiger partial charge in [0.25, 0.3) is 23.6 Å². The van der Waals surface area contributed by atoms with Crippen molar-refractivity contribution in [2.24, 2.45) is 23.4 Å². The van der Waals surface area contributed by atoms with Crippen LogP contribution in [0.3, 0.4) is 0 Å². The quantitative estimate of drug-likeness (QED) is 0.00523. The number of hydrazine groups is 8. The number of amides is 12. The van der Waals surface area contributed by atoms with Gasteiger partial charge in [0.1, 0.15) is 26.4 Å². The molecule has 0 atom stereocenters. The zero-order chi connectivity index (χ0) is 90.4. The van der Waals surface area contributed by atoms with E-state index in [9.17, 15) is 71.9 Å². The molecule has 5 aromatic rings. The molecular weight excluding hydrogens is 1620 g/mol. The summed E-state index contributed by atoms with van der Waals surface area (Å²) in [4.78, 5) is 209. The van der Waals surface area contributed by atoms with Crippen molar-refractivity contribution >= 4 is 95.9 Å². The van der Waals surface area contributed by atoms with Gasteiger partial charge in [0, 0.05) is 105 Å². The molecule has 48 heteroatoms. The molecular formula is C75H107N24O24+. The van der Waals surface area contributed by atoms with E-state index in [0.29, 0.717) is 52.4 Å². The zero-order valence-electron chi connectivity index (χ0n) is 68.5. The minimum Gasteiger partial charge on any atom is -0.473 e. The van der Waals surface area contributed by atoms with E-state index in [0.717, 1.165) is 22.3 Å². The summed E-state index contributed by atoms with van der Waals surface area (Å²) in [7, 11) is 0. The first kappa shape index (κ1) is 103. The number of rotatable bonds is 24. The van der Waals surface area contributed by atoms with E-state index in [1.807, 2.05) is 62.1 Å². The number of nitrogens with two attached hydrogens (primary N) is 4. The first-order valence-corrected chi connectivity index (χ1v) is 37.6. The molecule has 22 N–H and O–H groups in total. The maximum absolute atomic E-state index is 13.3. The summed E-state index contributed by atoms with van der Waals surface area (Å²) in [6, 6.07) is 46.1. The fourth-order valence-corrected chi connectivity index (χ4v) is 10.6. The Morgan fingerprint density at radius 1 is 0.301 bits per heavy atom. The van der Waals surface area contributed by atoms with Crippen LogP contribution in [0.4, 0.5) is 24.0 Å². The van der Waals surface area contributed by atoms with Crippen LogP contribution in [0.2, 0.25) is 0 Å². The number of carboxylic acids is 1. The molecule has 670 valence electrons. The van der Waals surface area contributed by atoms with E-state index in [1.54, 1.807) is 117 Å². The van der Waals surface area contributed by atoms with E-state index >= 15 is 0 Å². The van der Waals surface area contributed by atoms with Gasteiger partial charge < -0.3 is 33.9 Å². The van der Waals surface area contributed by atoms with Gasteiger partial charge in [0.05, 0.1) is 52.4 Å². The molecule has 0 spiro atoms. The normalized spacial score (nSPS) is 13.9. The lowest BCUT2D eigenvalue weighted by Gasteiger charge is -2.33. The van der Waals surface area contributed by atoms with Crippen molar-refractivity contribution in [2.75, 3.05) is 157 Å². The maximum Gasteiger partial charge on any atom is 1.00 e. The fourth-order valence-electron chi connectivity index (χ4n) is 10.6. The second-order valence-electron chi connectivity index (χ2n) is 26.1. The van der Waals surface area contributed by atoms with E-state index in [4.69, 9.17) is 62.1 Å². The number of carbonyl (C=O) groups is 15. The fraction of sp³-hybridized carbons (Fsp3) is 0.387. The number of aliphatic carboxylic acids is 1. The molecule has 12 amide bonds. The van der Waals surface area contributed by atoms with Crippen molar-refractivity contribution in [1.82, 2.24) is 104 Å². The van der Waals surface area contributed by atoms with Crippen LogP contribution in [-0.4, -0.2) is 302 Å². The van der Waals surface area contributed by atoms with Crippen LogP contribution in [0.25, 0.3) is 0 Å². The molecule has 2 heterocycles. The highest BCUT2D eigenvalue weighted by molar-refractivity contribution is 6.30. The molecule has 2 aliphatic heterocycles. The lowest BCUT2D eigenvalue weighted by Crippen LogP contribution is -2.54. The van der Waals surface area contributed by atoms with E-state index in [1.165, 1.54) is 5.56 Å². The van der Waals surface area contributed by atoms with Gasteiger partial charge in [-0.2, -0.15) is 9.59 Å². The van der Waals surface area contributed by atoms with Gasteiger partial charge >= 0.3 is 50.0 Å². The van der Waals surface area contributed by atoms with E-state index < -0.39 is 66.1 Å². The molecule has 0 bridgehead atoms. The van der Waals surface area contributed by atoms with Crippen LogP contribution >= 0.6 is 0 Å². The third-order valence-corrected chi connectivity index (χ3v) is 16.8. The standard InChI is InChI=1S/C48H60N12O12.C16H36N12O4.C7H8.C3H2O6.CO2/c61-41(49-53-45(65)69-33-37-13-5-1-6-14-37)29-57-21-23-58(30-42(62)50-54-46(66)70-34-38-15-7-2-8-16-38)25-27-60(32-44(64)52-56-48(68)72-36-40-19-11-4-12-20-40)28-26-59(24-22-57)31-43(63)51-55-47(67)71-35-39-17-9-3-10-18-39;17-21-13(29)9-25-1-2-26(10-14(30)22-18)5-6-28(12-16(32)24-20)8-7-27(4-3-25)11-15(31)23-19;1-7-5-3-2-4-6-7;4-1(5)2(6)9-3(7)8;2-1-3/h1-20H,21-36H2,(H,49,61)(H,50,62)(H,51,63)(H,52,64)(H,53,65)(H,54,66)(H,55,67)(H,56,68);1-12,17-20H2,(H,21,29)(H,22,30)(H,23,31)(H,24,32);2-6H,1H3;(H,4,5)(H,7,8);/p+1. The number of benzene rings is 5. The summed E-state index contributed by atoms with van der Waals surface area (Å²) in [6.07, 6.45) is -5.23. The highest BCUT2D eigenvalue weighted by Crippen LogP contribution is 2.08. The first-order valence-electron chi connectivity index (χ1n) is 37.6.